The van der Waals surface area contributed by atoms with Crippen molar-refractivity contribution < 1.29 is 4.79 Å². The van der Waals surface area contributed by atoms with E-state index in [2.05, 4.69) is 9.97 Å². The van der Waals surface area contributed by atoms with Gasteiger partial charge in [0.05, 0.1) is 16.1 Å². The molecule has 0 unspecified atom stereocenters. The minimum atomic E-state index is -0.227. The van der Waals surface area contributed by atoms with Gasteiger partial charge in [-0.1, -0.05) is 23.2 Å². The Kier molecular flexibility index (Phi) is 3.93. The molecule has 0 saturated carbocycles. The van der Waals surface area contributed by atoms with Gasteiger partial charge in [0.15, 0.2) is 11.5 Å². The number of rotatable bonds is 1. The number of hydrogen-bond donors (Lipinski definition) is 1. The Morgan fingerprint density at radius 3 is 2.68 bits per heavy atom. The molecular formula is C15H14Cl2N4O. The van der Waals surface area contributed by atoms with Crippen LogP contribution in [0.15, 0.2) is 24.5 Å². The van der Waals surface area contributed by atoms with E-state index in [4.69, 9.17) is 28.9 Å². The standard InChI is InChI=1S/C15H14Cl2N4O/c1-8-10-7-12(17)11(16)6-9(10)2-5-21(8)15(22)13-14(18)20-4-3-19-13/h3-4,6-8H,2,5H2,1H3,(H2,18,20)/t8-/m1/s1. The van der Waals surface area contributed by atoms with Crippen LogP contribution in [0, 0.1) is 0 Å². The Labute approximate surface area is 138 Å². The molecule has 0 spiro atoms. The van der Waals surface area contributed by atoms with Gasteiger partial charge in [-0.25, -0.2) is 9.97 Å². The van der Waals surface area contributed by atoms with E-state index in [1.807, 2.05) is 19.1 Å². The average molecular weight is 337 g/mol. The van der Waals surface area contributed by atoms with Gasteiger partial charge in [-0.15, -0.1) is 0 Å². The first-order valence-corrected chi connectivity index (χ1v) is 7.60. The number of nitrogen functional groups attached to an aromatic ring is 1. The van der Waals surface area contributed by atoms with Crippen molar-refractivity contribution in [1.82, 2.24) is 14.9 Å². The number of nitrogens with two attached hydrogens (primary N) is 1. The van der Waals surface area contributed by atoms with Gasteiger partial charge in [0, 0.05) is 18.9 Å². The monoisotopic (exact) mass is 336 g/mol. The zero-order valence-electron chi connectivity index (χ0n) is 11.9. The third-order valence-corrected chi connectivity index (χ3v) is 4.63. The molecule has 22 heavy (non-hydrogen) atoms. The van der Waals surface area contributed by atoms with Gasteiger partial charge < -0.3 is 10.6 Å². The summed E-state index contributed by atoms with van der Waals surface area (Å²) in [6.07, 6.45) is 3.63. The molecule has 2 heterocycles. The zero-order chi connectivity index (χ0) is 15.9. The molecule has 0 saturated heterocycles. The number of halogens is 2. The molecule has 7 heteroatoms. The number of carbonyl (C=O) groups is 1. The molecule has 1 aromatic carbocycles. The highest BCUT2D eigenvalue weighted by atomic mass is 35.5. The van der Waals surface area contributed by atoms with E-state index in [0.29, 0.717) is 23.0 Å². The van der Waals surface area contributed by atoms with Crippen LogP contribution >= 0.6 is 23.2 Å². The van der Waals surface area contributed by atoms with Crippen molar-refractivity contribution in [1.29, 1.82) is 0 Å². The maximum atomic E-state index is 12.7. The molecule has 0 radical (unpaired) electrons. The fraction of sp³-hybridized carbons (Fsp3) is 0.267. The third-order valence-electron chi connectivity index (χ3n) is 3.91. The van der Waals surface area contributed by atoms with Crippen LogP contribution in [-0.4, -0.2) is 27.3 Å². The number of benzene rings is 1. The van der Waals surface area contributed by atoms with Gasteiger partial charge in [0.1, 0.15) is 0 Å². The van der Waals surface area contributed by atoms with E-state index < -0.39 is 0 Å². The SMILES string of the molecule is C[C@@H]1c2cc(Cl)c(Cl)cc2CCN1C(=O)c1nccnc1N. The normalized spacial score (nSPS) is 17.2. The largest absolute Gasteiger partial charge is 0.382 e. The van der Waals surface area contributed by atoms with Gasteiger partial charge in [-0.2, -0.15) is 0 Å². The first-order valence-electron chi connectivity index (χ1n) is 6.84. The summed E-state index contributed by atoms with van der Waals surface area (Å²) in [5.41, 5.74) is 8.04. The average Bonchev–Trinajstić information content (AvgIpc) is 2.50. The second-order valence-corrected chi connectivity index (χ2v) is 5.99. The molecule has 2 aromatic rings. The molecule has 0 aliphatic carbocycles. The van der Waals surface area contributed by atoms with E-state index in [0.717, 1.165) is 11.1 Å². The van der Waals surface area contributed by atoms with E-state index >= 15 is 0 Å². The lowest BCUT2D eigenvalue weighted by molar-refractivity contribution is 0.0672. The van der Waals surface area contributed by atoms with Crippen LogP contribution in [0.2, 0.25) is 10.0 Å². The lowest BCUT2D eigenvalue weighted by atomic mass is 9.93. The second-order valence-electron chi connectivity index (χ2n) is 5.18. The first-order chi connectivity index (χ1) is 10.5. The highest BCUT2D eigenvalue weighted by molar-refractivity contribution is 6.42. The van der Waals surface area contributed by atoms with Crippen LogP contribution in [0.4, 0.5) is 5.82 Å². The molecule has 5 nitrogen and oxygen atoms in total. The molecule has 2 N–H and O–H groups in total. The molecule has 1 aliphatic rings. The smallest absolute Gasteiger partial charge is 0.276 e. The Balaban J connectivity index is 1.96. The first kappa shape index (κ1) is 15.1. The van der Waals surface area contributed by atoms with Gasteiger partial charge in [-0.3, -0.25) is 4.79 Å². The van der Waals surface area contributed by atoms with Crippen molar-refractivity contribution in [2.24, 2.45) is 0 Å². The van der Waals surface area contributed by atoms with Crippen molar-refractivity contribution in [2.45, 2.75) is 19.4 Å². The summed E-state index contributed by atoms with van der Waals surface area (Å²) in [6, 6.07) is 3.56. The number of fused-ring (bicyclic) bond motifs is 1. The van der Waals surface area contributed by atoms with E-state index in [-0.39, 0.29) is 23.5 Å². The van der Waals surface area contributed by atoms with E-state index in [9.17, 15) is 4.79 Å². The third kappa shape index (κ3) is 2.51. The maximum Gasteiger partial charge on any atom is 0.276 e. The second kappa shape index (κ2) is 5.74. The highest BCUT2D eigenvalue weighted by Crippen LogP contribution is 2.35. The van der Waals surface area contributed by atoms with E-state index in [1.54, 1.807) is 4.90 Å². The summed E-state index contributed by atoms with van der Waals surface area (Å²) in [4.78, 5) is 22.4. The van der Waals surface area contributed by atoms with Crippen LogP contribution in [0.3, 0.4) is 0 Å². The van der Waals surface area contributed by atoms with Crippen molar-refractivity contribution in [2.75, 3.05) is 12.3 Å². The van der Waals surface area contributed by atoms with Crippen LogP contribution in [-0.2, 0) is 6.42 Å². The van der Waals surface area contributed by atoms with Gasteiger partial charge in [0.2, 0.25) is 0 Å². The molecule has 1 aromatic heterocycles. The number of hydrogen-bond acceptors (Lipinski definition) is 4. The Hall–Kier alpha value is -1.85. The minimum absolute atomic E-state index is 0.132. The molecule has 1 amide bonds. The molecule has 114 valence electrons. The van der Waals surface area contributed by atoms with E-state index in [1.165, 1.54) is 12.4 Å². The van der Waals surface area contributed by atoms with Crippen molar-refractivity contribution in [3.63, 3.8) is 0 Å². The molecule has 0 fully saturated rings. The zero-order valence-corrected chi connectivity index (χ0v) is 13.4. The Morgan fingerprint density at radius 2 is 1.95 bits per heavy atom. The summed E-state index contributed by atoms with van der Waals surface area (Å²) >= 11 is 12.2. The lowest BCUT2D eigenvalue weighted by Gasteiger charge is -2.35. The minimum Gasteiger partial charge on any atom is -0.382 e. The number of amides is 1. The quantitative estimate of drug-likeness (QED) is 0.868. The Morgan fingerprint density at radius 1 is 1.27 bits per heavy atom. The lowest BCUT2D eigenvalue weighted by Crippen LogP contribution is -2.39. The summed E-state index contributed by atoms with van der Waals surface area (Å²) in [5, 5.41) is 1.02. The van der Waals surface area contributed by atoms with Gasteiger partial charge >= 0.3 is 0 Å². The van der Waals surface area contributed by atoms with Crippen molar-refractivity contribution in [3.05, 3.63) is 51.4 Å². The fourth-order valence-electron chi connectivity index (χ4n) is 2.74. The van der Waals surface area contributed by atoms with Gasteiger partial charge in [0.25, 0.3) is 5.91 Å². The van der Waals surface area contributed by atoms with Gasteiger partial charge in [-0.05, 0) is 36.6 Å². The maximum absolute atomic E-state index is 12.7. The van der Waals surface area contributed by atoms with Crippen LogP contribution < -0.4 is 5.73 Å². The highest BCUT2D eigenvalue weighted by Gasteiger charge is 2.30. The molecular weight excluding hydrogens is 323 g/mol. The summed E-state index contributed by atoms with van der Waals surface area (Å²) in [7, 11) is 0. The predicted molar refractivity (Wildman–Crippen MR) is 86.1 cm³/mol. The van der Waals surface area contributed by atoms with Crippen LogP contribution in [0.25, 0.3) is 0 Å². The molecule has 1 aliphatic heterocycles. The van der Waals surface area contributed by atoms with Crippen molar-refractivity contribution >= 4 is 34.9 Å². The van der Waals surface area contributed by atoms with Crippen LogP contribution in [0.5, 0.6) is 0 Å². The molecule has 0 bridgehead atoms. The summed E-state index contributed by atoms with van der Waals surface area (Å²) < 4.78 is 0. The number of carbonyl (C=O) groups excluding carboxylic acids is 1. The van der Waals surface area contributed by atoms with Crippen LogP contribution in [0.1, 0.15) is 34.6 Å². The molecule has 1 atom stereocenters. The summed E-state index contributed by atoms with van der Waals surface area (Å²) in [6.45, 7) is 2.52. The summed E-state index contributed by atoms with van der Waals surface area (Å²) in [5.74, 6) is -0.0885. The van der Waals surface area contributed by atoms with Crippen molar-refractivity contribution in [3.8, 4) is 0 Å². The topological polar surface area (TPSA) is 72.1 Å². The fourth-order valence-corrected chi connectivity index (χ4v) is 3.10. The number of aromatic nitrogens is 2. The molecule has 3 rings (SSSR count). The predicted octanol–water partition coefficient (Wildman–Crippen LogP) is 3.13. The number of nitrogens with zero attached hydrogens (tertiary/aromatic N) is 3. The Bertz CT molecular complexity index is 750. The number of anilines is 1.